The minimum Gasteiger partial charge on any atom is -0.469 e. The highest BCUT2D eigenvalue weighted by Gasteiger charge is 2.07. The lowest BCUT2D eigenvalue weighted by Crippen LogP contribution is -1.98. The minimum atomic E-state index is 0.599. The quantitative estimate of drug-likeness (QED) is 0.699. The molecule has 5 heteroatoms. The van der Waals surface area contributed by atoms with Gasteiger partial charge in [-0.15, -0.1) is 10.2 Å². The lowest BCUT2D eigenvalue weighted by Gasteiger charge is -1.98. The molecule has 0 unspecified atom stereocenters. The van der Waals surface area contributed by atoms with Gasteiger partial charge in [0.15, 0.2) is 5.65 Å². The summed E-state index contributed by atoms with van der Waals surface area (Å²) in [6.07, 6.45) is 4.91. The maximum Gasteiger partial charge on any atom is 0.160 e. The van der Waals surface area contributed by atoms with Crippen LogP contribution in [-0.4, -0.2) is 14.6 Å². The Morgan fingerprint density at radius 3 is 2.94 bits per heavy atom. The van der Waals surface area contributed by atoms with E-state index < -0.39 is 0 Å². The topological polar surface area (TPSA) is 67.1 Å². The van der Waals surface area contributed by atoms with Crippen molar-refractivity contribution < 1.29 is 4.42 Å². The number of nitriles is 1. The summed E-state index contributed by atoms with van der Waals surface area (Å²) in [5, 5.41) is 17.1. The first-order valence-corrected chi connectivity index (χ1v) is 5.63. The van der Waals surface area contributed by atoms with Crippen LogP contribution in [0, 0.1) is 11.3 Å². The van der Waals surface area contributed by atoms with Crippen LogP contribution in [0.2, 0.25) is 0 Å². The van der Waals surface area contributed by atoms with E-state index in [-0.39, 0.29) is 0 Å². The normalized spacial score (nSPS) is 10.6. The average Bonchev–Trinajstić information content (AvgIpc) is 3.05. The van der Waals surface area contributed by atoms with E-state index in [1.807, 2.05) is 16.5 Å². The first-order valence-electron chi connectivity index (χ1n) is 5.63. The molecule has 5 nitrogen and oxygen atoms in total. The SMILES string of the molecule is N#Cc1ccc2nnc(CCc3ccco3)n2c1. The number of furan rings is 1. The molecule has 0 spiro atoms. The first kappa shape index (κ1) is 10.5. The Balaban J connectivity index is 1.90. The van der Waals surface area contributed by atoms with Crippen LogP contribution >= 0.6 is 0 Å². The molecule has 0 bridgehead atoms. The maximum absolute atomic E-state index is 8.89. The van der Waals surface area contributed by atoms with Crippen molar-refractivity contribution in [3.8, 4) is 6.07 Å². The van der Waals surface area contributed by atoms with Crippen molar-refractivity contribution in [3.63, 3.8) is 0 Å². The molecule has 0 aromatic carbocycles. The maximum atomic E-state index is 8.89. The number of aryl methyl sites for hydroxylation is 2. The van der Waals surface area contributed by atoms with Crippen LogP contribution in [0.1, 0.15) is 17.1 Å². The second-order valence-electron chi connectivity index (χ2n) is 3.95. The van der Waals surface area contributed by atoms with E-state index in [1.54, 1.807) is 24.6 Å². The monoisotopic (exact) mass is 238 g/mol. The molecule has 18 heavy (non-hydrogen) atoms. The van der Waals surface area contributed by atoms with E-state index in [4.69, 9.17) is 9.68 Å². The van der Waals surface area contributed by atoms with Gasteiger partial charge in [-0.05, 0) is 24.3 Å². The van der Waals surface area contributed by atoms with Gasteiger partial charge in [0.25, 0.3) is 0 Å². The molecule has 0 aliphatic rings. The van der Waals surface area contributed by atoms with E-state index in [9.17, 15) is 0 Å². The van der Waals surface area contributed by atoms with Gasteiger partial charge in [-0.2, -0.15) is 5.26 Å². The summed E-state index contributed by atoms with van der Waals surface area (Å²) in [5.74, 6) is 1.75. The molecule has 0 atom stereocenters. The van der Waals surface area contributed by atoms with Gasteiger partial charge in [0.05, 0.1) is 11.8 Å². The number of pyridine rings is 1. The lowest BCUT2D eigenvalue weighted by molar-refractivity contribution is 0.506. The molecule has 3 aromatic rings. The summed E-state index contributed by atoms with van der Waals surface area (Å²) in [7, 11) is 0. The largest absolute Gasteiger partial charge is 0.469 e. The molecule has 3 aromatic heterocycles. The van der Waals surface area contributed by atoms with Crippen molar-refractivity contribution in [1.82, 2.24) is 14.6 Å². The molecule has 3 rings (SSSR count). The molecule has 3 heterocycles. The Kier molecular flexibility index (Phi) is 2.54. The first-order chi connectivity index (χ1) is 8.86. The van der Waals surface area contributed by atoms with E-state index in [2.05, 4.69) is 16.3 Å². The number of aromatic nitrogens is 3. The van der Waals surface area contributed by atoms with Gasteiger partial charge < -0.3 is 4.42 Å². The van der Waals surface area contributed by atoms with Crippen LogP contribution in [0.15, 0.2) is 41.1 Å². The predicted octanol–water partition coefficient (Wildman–Crippen LogP) is 1.98. The summed E-state index contributed by atoms with van der Waals surface area (Å²) in [6, 6.07) is 9.44. The second kappa shape index (κ2) is 4.34. The molecular formula is C13H10N4O. The van der Waals surface area contributed by atoms with Gasteiger partial charge in [-0.3, -0.25) is 4.40 Å². The highest BCUT2D eigenvalue weighted by molar-refractivity contribution is 5.42. The van der Waals surface area contributed by atoms with Crippen LogP contribution in [0.5, 0.6) is 0 Å². The third-order valence-electron chi connectivity index (χ3n) is 2.78. The van der Waals surface area contributed by atoms with E-state index in [0.29, 0.717) is 5.56 Å². The standard InChI is InChI=1S/C13H10N4O/c14-8-10-3-5-12-15-16-13(17(12)9-10)6-4-11-2-1-7-18-11/h1-3,5,7,9H,4,6H2. The van der Waals surface area contributed by atoms with Crippen molar-refractivity contribution in [2.75, 3.05) is 0 Å². The van der Waals surface area contributed by atoms with Crippen LogP contribution in [0.4, 0.5) is 0 Å². The van der Waals surface area contributed by atoms with Crippen molar-refractivity contribution in [3.05, 3.63) is 53.9 Å². The summed E-state index contributed by atoms with van der Waals surface area (Å²) in [4.78, 5) is 0. The van der Waals surface area contributed by atoms with Crippen LogP contribution < -0.4 is 0 Å². The molecule has 0 radical (unpaired) electrons. The Hall–Kier alpha value is -2.61. The smallest absolute Gasteiger partial charge is 0.160 e. The van der Waals surface area contributed by atoms with Crippen LogP contribution in [-0.2, 0) is 12.8 Å². The van der Waals surface area contributed by atoms with Gasteiger partial charge in [0.1, 0.15) is 17.7 Å². The number of hydrogen-bond donors (Lipinski definition) is 0. The Morgan fingerprint density at radius 2 is 2.17 bits per heavy atom. The molecule has 0 saturated heterocycles. The third-order valence-corrected chi connectivity index (χ3v) is 2.78. The Bertz CT molecular complexity index is 706. The Labute approximate surface area is 103 Å². The molecule has 0 aliphatic carbocycles. The zero-order valence-corrected chi connectivity index (χ0v) is 9.58. The fraction of sp³-hybridized carbons (Fsp3) is 0.154. The molecule has 0 N–H and O–H groups in total. The second-order valence-corrected chi connectivity index (χ2v) is 3.95. The molecule has 0 aliphatic heterocycles. The van der Waals surface area contributed by atoms with Crippen molar-refractivity contribution >= 4 is 5.65 Å². The van der Waals surface area contributed by atoms with Crippen molar-refractivity contribution in [1.29, 1.82) is 5.26 Å². The highest BCUT2D eigenvalue weighted by Crippen LogP contribution is 2.10. The molecule has 0 saturated carbocycles. The Morgan fingerprint density at radius 1 is 1.22 bits per heavy atom. The fourth-order valence-electron chi connectivity index (χ4n) is 1.86. The van der Waals surface area contributed by atoms with E-state index in [0.717, 1.165) is 30.1 Å². The van der Waals surface area contributed by atoms with Gasteiger partial charge in [0, 0.05) is 19.0 Å². The average molecular weight is 238 g/mol. The number of rotatable bonds is 3. The molecular weight excluding hydrogens is 228 g/mol. The highest BCUT2D eigenvalue weighted by atomic mass is 16.3. The molecule has 0 fully saturated rings. The minimum absolute atomic E-state index is 0.599. The summed E-state index contributed by atoms with van der Waals surface area (Å²) >= 11 is 0. The number of hydrogen-bond acceptors (Lipinski definition) is 4. The predicted molar refractivity (Wildman–Crippen MR) is 63.8 cm³/mol. The summed E-state index contributed by atoms with van der Waals surface area (Å²) in [5.41, 5.74) is 1.35. The van der Waals surface area contributed by atoms with Gasteiger partial charge >= 0.3 is 0 Å². The zero-order valence-electron chi connectivity index (χ0n) is 9.58. The lowest BCUT2D eigenvalue weighted by atomic mass is 10.2. The zero-order chi connectivity index (χ0) is 12.4. The fourth-order valence-corrected chi connectivity index (χ4v) is 1.86. The van der Waals surface area contributed by atoms with Gasteiger partial charge in [0.2, 0.25) is 0 Å². The number of nitrogens with zero attached hydrogens (tertiary/aromatic N) is 4. The van der Waals surface area contributed by atoms with E-state index in [1.165, 1.54) is 0 Å². The summed E-state index contributed by atoms with van der Waals surface area (Å²) in [6.45, 7) is 0. The molecule has 88 valence electrons. The molecule has 0 amide bonds. The van der Waals surface area contributed by atoms with Gasteiger partial charge in [-0.1, -0.05) is 0 Å². The van der Waals surface area contributed by atoms with Gasteiger partial charge in [-0.25, -0.2) is 0 Å². The van der Waals surface area contributed by atoms with Crippen molar-refractivity contribution in [2.45, 2.75) is 12.8 Å². The third kappa shape index (κ3) is 1.84. The van der Waals surface area contributed by atoms with E-state index >= 15 is 0 Å². The van der Waals surface area contributed by atoms with Crippen molar-refractivity contribution in [2.24, 2.45) is 0 Å². The number of fused-ring (bicyclic) bond motifs is 1. The van der Waals surface area contributed by atoms with Crippen LogP contribution in [0.3, 0.4) is 0 Å². The summed E-state index contributed by atoms with van der Waals surface area (Å²) < 4.78 is 7.13. The van der Waals surface area contributed by atoms with Crippen LogP contribution in [0.25, 0.3) is 5.65 Å².